The van der Waals surface area contributed by atoms with Crippen LogP contribution < -0.4 is 5.73 Å². The number of aromatic hydroxyl groups is 1. The first kappa shape index (κ1) is 15.8. The van der Waals surface area contributed by atoms with Gasteiger partial charge in [0, 0.05) is 11.6 Å². The van der Waals surface area contributed by atoms with Crippen LogP contribution in [0.5, 0.6) is 5.75 Å². The Morgan fingerprint density at radius 1 is 1.60 bits per heavy atom. The Bertz CT molecular complexity index is 538. The fourth-order valence-electron chi connectivity index (χ4n) is 1.49. The van der Waals surface area contributed by atoms with Gasteiger partial charge in [0.25, 0.3) is 5.69 Å². The van der Waals surface area contributed by atoms with Crippen LogP contribution >= 0.6 is 0 Å². The molecule has 7 nitrogen and oxygen atoms in total. The molecule has 110 valence electrons. The molecule has 9 heteroatoms. The van der Waals surface area contributed by atoms with E-state index in [9.17, 15) is 28.8 Å². The summed E-state index contributed by atoms with van der Waals surface area (Å²) in [5.74, 6) is -3.68. The number of benzene rings is 1. The lowest BCUT2D eigenvalue weighted by atomic mass is 10.0. The van der Waals surface area contributed by atoms with Gasteiger partial charge < -0.3 is 15.6 Å². The van der Waals surface area contributed by atoms with Gasteiger partial charge in [-0.2, -0.15) is 0 Å². The summed E-state index contributed by atoms with van der Waals surface area (Å²) < 4.78 is 31.4. The molecule has 0 saturated heterocycles. The number of phenols is 1. The molecule has 0 aromatic heterocycles. The lowest BCUT2D eigenvalue weighted by Crippen LogP contribution is -2.31. The Labute approximate surface area is 112 Å². The van der Waals surface area contributed by atoms with Crippen molar-refractivity contribution in [3.8, 4) is 5.75 Å². The van der Waals surface area contributed by atoms with Crippen LogP contribution in [-0.2, 0) is 9.53 Å². The number of phenolic OH excluding ortho intramolecular Hbond substituents is 1. The molecule has 0 aliphatic heterocycles. The zero-order chi connectivity index (χ0) is 15.4. The fourth-order valence-corrected chi connectivity index (χ4v) is 1.49. The summed E-state index contributed by atoms with van der Waals surface area (Å²) in [6.45, 7) is 1.35. The number of hydrogen-bond donors (Lipinski definition) is 2. The standard InChI is InChI=1S/C11H12F2N2O5/c1-2-20-11(17)8(13)9(14)6-3-5(15(18)19)4-7(12)10(6)16/h3-4,8-9,16H,2,14H2,1H3/t8?,9-/m0/s1. The second kappa shape index (κ2) is 6.24. The predicted octanol–water partition coefficient (Wildman–Crippen LogP) is 1.34. The van der Waals surface area contributed by atoms with Crippen LogP contribution in [0.15, 0.2) is 12.1 Å². The number of ether oxygens (including phenoxy) is 1. The maximum atomic E-state index is 13.7. The second-order valence-electron chi connectivity index (χ2n) is 3.80. The smallest absolute Gasteiger partial charge is 0.342 e. The van der Waals surface area contributed by atoms with Crippen molar-refractivity contribution in [1.29, 1.82) is 0 Å². The quantitative estimate of drug-likeness (QED) is 0.480. The normalized spacial score (nSPS) is 13.6. The van der Waals surface area contributed by atoms with E-state index >= 15 is 0 Å². The predicted molar refractivity (Wildman–Crippen MR) is 63.2 cm³/mol. The maximum Gasteiger partial charge on any atom is 0.342 e. The number of nitro groups is 1. The van der Waals surface area contributed by atoms with E-state index in [2.05, 4.69) is 4.74 Å². The van der Waals surface area contributed by atoms with Gasteiger partial charge in [0.15, 0.2) is 11.6 Å². The first-order valence-electron chi connectivity index (χ1n) is 5.52. The van der Waals surface area contributed by atoms with Crippen molar-refractivity contribution in [2.24, 2.45) is 5.73 Å². The Morgan fingerprint density at radius 3 is 2.70 bits per heavy atom. The van der Waals surface area contributed by atoms with Crippen molar-refractivity contribution in [2.75, 3.05) is 6.61 Å². The summed E-state index contributed by atoms with van der Waals surface area (Å²) in [6, 6.07) is -0.624. The third-order valence-electron chi connectivity index (χ3n) is 2.47. The molecule has 1 aromatic rings. The number of nitrogens with zero attached hydrogens (tertiary/aromatic N) is 1. The first-order chi connectivity index (χ1) is 9.29. The van der Waals surface area contributed by atoms with E-state index in [4.69, 9.17) is 5.73 Å². The third-order valence-corrected chi connectivity index (χ3v) is 2.47. The van der Waals surface area contributed by atoms with Crippen LogP contribution in [-0.4, -0.2) is 28.8 Å². The highest BCUT2D eigenvalue weighted by Crippen LogP contribution is 2.32. The van der Waals surface area contributed by atoms with Crippen LogP contribution in [0.1, 0.15) is 18.5 Å². The molecule has 0 aliphatic carbocycles. The number of esters is 1. The van der Waals surface area contributed by atoms with Crippen LogP contribution in [0.4, 0.5) is 14.5 Å². The Balaban J connectivity index is 3.17. The molecule has 0 bridgehead atoms. The number of halogens is 2. The highest BCUT2D eigenvalue weighted by atomic mass is 19.1. The summed E-state index contributed by atoms with van der Waals surface area (Å²) in [7, 11) is 0. The average molecular weight is 290 g/mol. The van der Waals surface area contributed by atoms with E-state index in [0.29, 0.717) is 12.1 Å². The molecule has 0 aliphatic rings. The molecule has 1 aromatic carbocycles. The minimum Gasteiger partial charge on any atom is -0.505 e. The van der Waals surface area contributed by atoms with Crippen LogP contribution in [0, 0.1) is 15.9 Å². The van der Waals surface area contributed by atoms with E-state index in [1.807, 2.05) is 0 Å². The highest BCUT2D eigenvalue weighted by Gasteiger charge is 2.32. The summed E-state index contributed by atoms with van der Waals surface area (Å²) >= 11 is 0. The Hall–Kier alpha value is -2.29. The maximum absolute atomic E-state index is 13.7. The molecule has 0 radical (unpaired) electrons. The number of hydrogen-bond acceptors (Lipinski definition) is 6. The summed E-state index contributed by atoms with van der Waals surface area (Å²) in [5, 5.41) is 20.0. The fraction of sp³-hybridized carbons (Fsp3) is 0.364. The van der Waals surface area contributed by atoms with Crippen molar-refractivity contribution in [2.45, 2.75) is 19.1 Å². The molecule has 0 fully saturated rings. The first-order valence-corrected chi connectivity index (χ1v) is 5.52. The SMILES string of the molecule is CCOC(=O)C(F)[C@@H](N)c1cc([N+](=O)[O-])cc(F)c1O. The molecule has 0 amide bonds. The van der Waals surface area contributed by atoms with E-state index in [-0.39, 0.29) is 6.61 Å². The molecule has 20 heavy (non-hydrogen) atoms. The van der Waals surface area contributed by atoms with E-state index in [1.54, 1.807) is 0 Å². The highest BCUT2D eigenvalue weighted by molar-refractivity contribution is 5.76. The van der Waals surface area contributed by atoms with Gasteiger partial charge in [-0.1, -0.05) is 0 Å². The monoisotopic (exact) mass is 290 g/mol. The minimum atomic E-state index is -2.39. The number of nitro benzene ring substituents is 1. The average Bonchev–Trinajstić information content (AvgIpc) is 2.40. The number of rotatable bonds is 5. The largest absolute Gasteiger partial charge is 0.505 e. The molecule has 0 heterocycles. The van der Waals surface area contributed by atoms with Gasteiger partial charge >= 0.3 is 5.97 Å². The topological polar surface area (TPSA) is 116 Å². The molecule has 3 N–H and O–H groups in total. The van der Waals surface area contributed by atoms with Gasteiger partial charge in [0.1, 0.15) is 0 Å². The lowest BCUT2D eigenvalue weighted by molar-refractivity contribution is -0.385. The molecular formula is C11H12F2N2O5. The summed E-state index contributed by atoms with van der Waals surface area (Å²) in [4.78, 5) is 20.8. The number of carbonyl (C=O) groups is 1. The molecule has 0 spiro atoms. The molecule has 1 rings (SSSR count). The van der Waals surface area contributed by atoms with E-state index in [1.165, 1.54) is 6.92 Å². The molecule has 1 unspecified atom stereocenters. The zero-order valence-corrected chi connectivity index (χ0v) is 10.4. The van der Waals surface area contributed by atoms with Crippen LogP contribution in [0.25, 0.3) is 0 Å². The van der Waals surface area contributed by atoms with Crippen molar-refractivity contribution in [1.82, 2.24) is 0 Å². The van der Waals surface area contributed by atoms with Gasteiger partial charge in [0.05, 0.1) is 23.6 Å². The van der Waals surface area contributed by atoms with Crippen molar-refractivity contribution >= 4 is 11.7 Å². The number of non-ortho nitro benzene ring substituents is 1. The van der Waals surface area contributed by atoms with Crippen molar-refractivity contribution < 1.29 is 28.3 Å². The third kappa shape index (κ3) is 3.18. The van der Waals surface area contributed by atoms with Gasteiger partial charge in [-0.3, -0.25) is 10.1 Å². The van der Waals surface area contributed by atoms with E-state index < -0.39 is 45.9 Å². The summed E-state index contributed by atoms with van der Waals surface area (Å²) in [6.07, 6.45) is -2.39. The number of nitrogens with two attached hydrogens (primary N) is 1. The second-order valence-corrected chi connectivity index (χ2v) is 3.80. The van der Waals surface area contributed by atoms with Crippen molar-refractivity contribution in [3.05, 3.63) is 33.6 Å². The minimum absolute atomic E-state index is 0.0960. The van der Waals surface area contributed by atoms with Gasteiger partial charge in [-0.05, 0) is 6.92 Å². The molecular weight excluding hydrogens is 278 g/mol. The van der Waals surface area contributed by atoms with Crippen molar-refractivity contribution in [3.63, 3.8) is 0 Å². The van der Waals surface area contributed by atoms with Gasteiger partial charge in [0.2, 0.25) is 6.17 Å². The number of alkyl halides is 1. The van der Waals surface area contributed by atoms with Crippen LogP contribution in [0.3, 0.4) is 0 Å². The summed E-state index contributed by atoms with van der Waals surface area (Å²) in [5.41, 5.74) is 4.08. The van der Waals surface area contributed by atoms with E-state index in [0.717, 1.165) is 0 Å². The Kier molecular flexibility index (Phi) is 4.92. The number of carbonyl (C=O) groups excluding carboxylic acids is 1. The van der Waals surface area contributed by atoms with Crippen LogP contribution in [0.2, 0.25) is 0 Å². The zero-order valence-electron chi connectivity index (χ0n) is 10.4. The lowest BCUT2D eigenvalue weighted by Gasteiger charge is -2.17. The van der Waals surface area contributed by atoms with Gasteiger partial charge in [-0.25, -0.2) is 13.6 Å². The molecule has 0 saturated carbocycles. The Morgan fingerprint density at radius 2 is 2.20 bits per heavy atom. The molecule has 2 atom stereocenters. The van der Waals surface area contributed by atoms with Gasteiger partial charge in [-0.15, -0.1) is 0 Å².